The largest absolute Gasteiger partial charge is 0.494 e. The number of benzene rings is 3. The van der Waals surface area contributed by atoms with Crippen LogP contribution in [-0.2, 0) is 12.8 Å². The van der Waals surface area contributed by atoms with E-state index in [1.807, 2.05) is 42.5 Å². The van der Waals surface area contributed by atoms with Crippen LogP contribution in [0.15, 0.2) is 72.8 Å². The molecule has 0 bridgehead atoms. The number of tetrazole rings is 1. The second-order valence-electron chi connectivity index (χ2n) is 8.18. The van der Waals surface area contributed by atoms with E-state index in [0.717, 1.165) is 54.9 Å². The Morgan fingerprint density at radius 2 is 1.79 bits per heavy atom. The van der Waals surface area contributed by atoms with Gasteiger partial charge in [-0.25, -0.2) is 5.48 Å². The number of ether oxygens (including phenoxy) is 2. The van der Waals surface area contributed by atoms with Gasteiger partial charge < -0.3 is 14.3 Å². The molecular formula is C26H27N5O3. The fourth-order valence-electron chi connectivity index (χ4n) is 3.96. The Morgan fingerprint density at radius 1 is 0.941 bits per heavy atom. The van der Waals surface area contributed by atoms with Gasteiger partial charge in [0, 0.05) is 0 Å². The molecule has 2 heterocycles. The number of aromatic nitrogens is 4. The number of anilines is 1. The molecule has 1 aliphatic heterocycles. The average molecular weight is 458 g/mol. The number of para-hydroxylation sites is 1. The first kappa shape index (κ1) is 21.8. The lowest BCUT2D eigenvalue weighted by Crippen LogP contribution is -2.18. The molecule has 8 nitrogen and oxygen atoms in total. The van der Waals surface area contributed by atoms with Gasteiger partial charge in [0.05, 0.1) is 6.61 Å². The highest BCUT2D eigenvalue weighted by Crippen LogP contribution is 2.39. The van der Waals surface area contributed by atoms with Crippen molar-refractivity contribution in [2.45, 2.75) is 38.2 Å². The van der Waals surface area contributed by atoms with Crippen LogP contribution in [-0.4, -0.2) is 27.2 Å². The Bertz CT molecular complexity index is 1170. The number of nitrogens with one attached hydrogen (secondary N) is 2. The van der Waals surface area contributed by atoms with Gasteiger partial charge in [-0.05, 0) is 73.6 Å². The second kappa shape index (κ2) is 10.7. The van der Waals surface area contributed by atoms with Crippen molar-refractivity contribution in [2.75, 3.05) is 12.1 Å². The summed E-state index contributed by atoms with van der Waals surface area (Å²) < 4.78 is 12.0. The molecule has 34 heavy (non-hydrogen) atoms. The summed E-state index contributed by atoms with van der Waals surface area (Å²) in [7, 11) is 0. The summed E-state index contributed by atoms with van der Waals surface area (Å²) in [4.78, 5) is 5.80. The summed E-state index contributed by atoms with van der Waals surface area (Å²) in [6.07, 6.45) is 4.61. The normalized spacial score (nSPS) is 14.6. The van der Waals surface area contributed by atoms with Gasteiger partial charge in [-0.2, -0.15) is 5.21 Å². The Balaban J connectivity index is 1.10. The van der Waals surface area contributed by atoms with E-state index >= 15 is 0 Å². The van der Waals surface area contributed by atoms with Gasteiger partial charge >= 0.3 is 0 Å². The van der Waals surface area contributed by atoms with Crippen molar-refractivity contribution in [3.8, 4) is 17.2 Å². The highest BCUT2D eigenvalue weighted by Gasteiger charge is 2.26. The van der Waals surface area contributed by atoms with Crippen LogP contribution in [0.4, 0.5) is 5.69 Å². The molecule has 1 aliphatic rings. The van der Waals surface area contributed by atoms with Crippen molar-refractivity contribution in [1.82, 2.24) is 20.6 Å². The van der Waals surface area contributed by atoms with Crippen molar-refractivity contribution in [1.29, 1.82) is 0 Å². The lowest BCUT2D eigenvalue weighted by Gasteiger charge is -2.26. The molecule has 0 radical (unpaired) electrons. The summed E-state index contributed by atoms with van der Waals surface area (Å²) in [5.41, 5.74) is 6.26. The molecule has 0 saturated carbocycles. The Hall–Kier alpha value is -4.07. The monoisotopic (exact) mass is 457 g/mol. The molecule has 174 valence electrons. The first-order chi connectivity index (χ1) is 16.8. The quantitative estimate of drug-likeness (QED) is 0.253. The standard InChI is InChI=1S/C26H27N5O3/c1-2-7-19(8-3-1)9-4-5-18-32-21-13-15-22(16-14-21)34-29-23-11-6-10-20-12-17-24(33-25(20)23)26-27-30-31-28-26/h1-3,6-8,10-11,13-16,24,29H,4-5,9,12,17-18H2,(H,27,28,30,31). The molecule has 5 rings (SSSR count). The minimum Gasteiger partial charge on any atom is -0.494 e. The lowest BCUT2D eigenvalue weighted by atomic mass is 10.0. The zero-order valence-corrected chi connectivity index (χ0v) is 18.8. The summed E-state index contributed by atoms with van der Waals surface area (Å²) in [5, 5.41) is 14.2. The van der Waals surface area contributed by atoms with Crippen molar-refractivity contribution < 1.29 is 14.3 Å². The Labute approximate surface area is 198 Å². The maximum Gasteiger partial charge on any atom is 0.214 e. The van der Waals surface area contributed by atoms with Gasteiger partial charge in [-0.15, -0.1) is 10.2 Å². The minimum atomic E-state index is -0.238. The maximum atomic E-state index is 6.16. The summed E-state index contributed by atoms with van der Waals surface area (Å²) in [5.74, 6) is 2.81. The molecular weight excluding hydrogens is 430 g/mol. The number of rotatable bonds is 10. The van der Waals surface area contributed by atoms with E-state index in [4.69, 9.17) is 14.3 Å². The fraction of sp³-hybridized carbons (Fsp3) is 0.269. The van der Waals surface area contributed by atoms with E-state index in [1.54, 1.807) is 0 Å². The minimum absolute atomic E-state index is 0.238. The third-order valence-corrected chi connectivity index (χ3v) is 5.76. The fourth-order valence-corrected chi connectivity index (χ4v) is 3.96. The molecule has 2 N–H and O–H groups in total. The van der Waals surface area contributed by atoms with Crippen LogP contribution in [0.3, 0.4) is 0 Å². The number of fused-ring (bicyclic) bond motifs is 1. The Kier molecular flexibility index (Phi) is 6.85. The first-order valence-corrected chi connectivity index (χ1v) is 11.6. The van der Waals surface area contributed by atoms with Crippen LogP contribution in [0.5, 0.6) is 17.2 Å². The molecule has 4 aromatic rings. The van der Waals surface area contributed by atoms with Crippen LogP contribution in [0.2, 0.25) is 0 Å². The smallest absolute Gasteiger partial charge is 0.214 e. The number of H-pyrrole nitrogens is 1. The number of hydrogen-bond acceptors (Lipinski definition) is 7. The molecule has 1 atom stereocenters. The van der Waals surface area contributed by atoms with Crippen molar-refractivity contribution >= 4 is 5.69 Å². The van der Waals surface area contributed by atoms with Crippen molar-refractivity contribution in [3.63, 3.8) is 0 Å². The molecule has 0 saturated heterocycles. The molecule has 0 fully saturated rings. The number of aromatic amines is 1. The molecule has 0 spiro atoms. The van der Waals surface area contributed by atoms with E-state index < -0.39 is 0 Å². The molecule has 0 aliphatic carbocycles. The molecule has 8 heteroatoms. The molecule has 1 aromatic heterocycles. The average Bonchev–Trinajstić information content (AvgIpc) is 3.43. The van der Waals surface area contributed by atoms with Gasteiger partial charge in [0.2, 0.25) is 5.82 Å². The highest BCUT2D eigenvalue weighted by atomic mass is 16.6. The van der Waals surface area contributed by atoms with E-state index in [1.165, 1.54) is 5.56 Å². The summed E-state index contributed by atoms with van der Waals surface area (Å²) in [6, 6.07) is 24.1. The lowest BCUT2D eigenvalue weighted by molar-refractivity contribution is 0.167. The van der Waals surface area contributed by atoms with E-state index in [-0.39, 0.29) is 6.10 Å². The predicted molar refractivity (Wildman–Crippen MR) is 128 cm³/mol. The molecule has 0 amide bonds. The second-order valence-corrected chi connectivity index (χ2v) is 8.18. The molecule has 1 unspecified atom stereocenters. The summed E-state index contributed by atoms with van der Waals surface area (Å²) in [6.45, 7) is 0.695. The van der Waals surface area contributed by atoms with Gasteiger partial charge in [0.25, 0.3) is 0 Å². The zero-order valence-electron chi connectivity index (χ0n) is 18.8. The Morgan fingerprint density at radius 3 is 2.62 bits per heavy atom. The van der Waals surface area contributed by atoms with Gasteiger partial charge in [-0.1, -0.05) is 47.7 Å². The maximum absolute atomic E-state index is 6.16. The SMILES string of the molecule is c1ccc(CCCCOc2ccc(ONc3cccc4c3OC(c3nn[nH]n3)CC4)cc2)cc1. The van der Waals surface area contributed by atoms with E-state index in [0.29, 0.717) is 18.2 Å². The third-order valence-electron chi connectivity index (χ3n) is 5.76. The predicted octanol–water partition coefficient (Wildman–Crippen LogP) is 5.07. The van der Waals surface area contributed by atoms with E-state index in [2.05, 4.69) is 56.4 Å². The van der Waals surface area contributed by atoms with Crippen molar-refractivity contribution in [3.05, 3.63) is 89.7 Å². The van der Waals surface area contributed by atoms with Crippen LogP contribution >= 0.6 is 0 Å². The number of aryl methyl sites for hydroxylation is 2. The van der Waals surface area contributed by atoms with Crippen LogP contribution in [0.1, 0.15) is 42.3 Å². The molecule has 3 aromatic carbocycles. The van der Waals surface area contributed by atoms with Crippen LogP contribution in [0.25, 0.3) is 0 Å². The first-order valence-electron chi connectivity index (χ1n) is 11.6. The van der Waals surface area contributed by atoms with Crippen LogP contribution in [0, 0.1) is 0 Å². The third kappa shape index (κ3) is 5.46. The zero-order chi connectivity index (χ0) is 23.0. The number of unbranched alkanes of at least 4 members (excludes halogenated alkanes) is 1. The topological polar surface area (TPSA) is 94.2 Å². The summed E-state index contributed by atoms with van der Waals surface area (Å²) >= 11 is 0. The number of nitrogens with zero attached hydrogens (tertiary/aromatic N) is 3. The van der Waals surface area contributed by atoms with Crippen molar-refractivity contribution in [2.24, 2.45) is 0 Å². The number of hydrogen-bond donors (Lipinski definition) is 2. The highest BCUT2D eigenvalue weighted by molar-refractivity contribution is 5.60. The van der Waals surface area contributed by atoms with Gasteiger partial charge in [0.1, 0.15) is 17.2 Å². The van der Waals surface area contributed by atoms with Gasteiger partial charge in [0.15, 0.2) is 11.9 Å². The van der Waals surface area contributed by atoms with Gasteiger partial charge in [-0.3, -0.25) is 0 Å². The van der Waals surface area contributed by atoms with Crippen LogP contribution < -0.4 is 19.8 Å². The van der Waals surface area contributed by atoms with E-state index in [9.17, 15) is 0 Å².